The molecule has 162 valence electrons. The van der Waals surface area contributed by atoms with Crippen LogP contribution in [-0.4, -0.2) is 26.3 Å². The summed E-state index contributed by atoms with van der Waals surface area (Å²) < 4.78 is 40.3. The molecule has 0 aliphatic heterocycles. The number of thiophene rings is 1. The zero-order valence-electron chi connectivity index (χ0n) is 15.9. The van der Waals surface area contributed by atoms with E-state index >= 15 is 0 Å². The molecule has 1 amide bonds. The summed E-state index contributed by atoms with van der Waals surface area (Å²) in [5.74, 6) is -0.491. The molecule has 4 rings (SSSR count). The predicted octanol–water partition coefficient (Wildman–Crippen LogP) is 5.33. The molecule has 0 aromatic carbocycles. The number of pyridine rings is 1. The maximum atomic E-state index is 13.1. The van der Waals surface area contributed by atoms with Crippen LogP contribution in [0.3, 0.4) is 0 Å². The van der Waals surface area contributed by atoms with E-state index in [0.717, 1.165) is 71.0 Å². The lowest BCUT2D eigenvalue weighted by Crippen LogP contribution is -2.14. The van der Waals surface area contributed by atoms with E-state index in [2.05, 4.69) is 21.6 Å². The zero-order valence-corrected chi connectivity index (χ0v) is 18.3. The fourth-order valence-corrected chi connectivity index (χ4v) is 5.64. The Morgan fingerprint density at radius 3 is 2.84 bits per heavy atom. The predicted molar refractivity (Wildman–Crippen MR) is 113 cm³/mol. The van der Waals surface area contributed by atoms with Crippen molar-refractivity contribution in [3.63, 3.8) is 0 Å². The quantitative estimate of drug-likeness (QED) is 0.398. The number of nitrogens with one attached hydrogen (secondary N) is 1. The summed E-state index contributed by atoms with van der Waals surface area (Å²) in [4.78, 5) is 13.6. The van der Waals surface area contributed by atoms with E-state index in [1.807, 2.05) is 0 Å². The van der Waals surface area contributed by atoms with Crippen molar-refractivity contribution in [1.29, 1.82) is 5.26 Å². The Labute approximate surface area is 188 Å². The molecule has 12 heteroatoms. The van der Waals surface area contributed by atoms with Gasteiger partial charge in [0.25, 0.3) is 0 Å². The number of rotatable bonds is 4. The van der Waals surface area contributed by atoms with Gasteiger partial charge in [0, 0.05) is 11.1 Å². The smallest absolute Gasteiger partial charge is 0.316 e. The van der Waals surface area contributed by atoms with Crippen LogP contribution in [0.2, 0.25) is 5.02 Å². The number of thioether (sulfide) groups is 1. The second-order valence-corrected chi connectivity index (χ2v) is 9.42. The van der Waals surface area contributed by atoms with Crippen LogP contribution in [0.15, 0.2) is 17.4 Å². The minimum Gasteiger partial charge on any atom is -0.316 e. The van der Waals surface area contributed by atoms with Gasteiger partial charge in [0.2, 0.25) is 5.91 Å². The summed E-state index contributed by atoms with van der Waals surface area (Å²) in [5.41, 5.74) is 0.668. The monoisotopic (exact) mass is 485 g/mol. The van der Waals surface area contributed by atoms with Gasteiger partial charge in [0.1, 0.15) is 11.1 Å². The van der Waals surface area contributed by atoms with Gasteiger partial charge >= 0.3 is 6.18 Å². The first-order valence-corrected chi connectivity index (χ1v) is 11.5. The normalized spacial score (nSPS) is 14.2. The van der Waals surface area contributed by atoms with E-state index in [9.17, 15) is 23.2 Å². The van der Waals surface area contributed by atoms with Gasteiger partial charge in [0.15, 0.2) is 10.8 Å². The number of aryl methyl sites for hydroxylation is 1. The Bertz CT molecular complexity index is 1200. The molecule has 1 aliphatic rings. The number of amides is 1. The minimum atomic E-state index is -4.58. The van der Waals surface area contributed by atoms with Crippen LogP contribution in [0, 0.1) is 11.3 Å². The number of nitrogens with zero attached hydrogens (tertiary/aromatic N) is 4. The average molecular weight is 486 g/mol. The minimum absolute atomic E-state index is 0.0753. The van der Waals surface area contributed by atoms with Gasteiger partial charge in [0.05, 0.1) is 21.9 Å². The van der Waals surface area contributed by atoms with Crippen molar-refractivity contribution in [2.24, 2.45) is 0 Å². The summed E-state index contributed by atoms with van der Waals surface area (Å²) in [7, 11) is 0. The van der Waals surface area contributed by atoms with Gasteiger partial charge < -0.3 is 5.32 Å². The number of anilines is 1. The van der Waals surface area contributed by atoms with E-state index < -0.39 is 11.7 Å². The van der Waals surface area contributed by atoms with E-state index in [4.69, 9.17) is 11.6 Å². The molecule has 0 atom stereocenters. The maximum absolute atomic E-state index is 13.1. The summed E-state index contributed by atoms with van der Waals surface area (Å²) in [6, 6.07) is 2.99. The van der Waals surface area contributed by atoms with Crippen LogP contribution >= 0.6 is 34.7 Å². The van der Waals surface area contributed by atoms with E-state index in [0.29, 0.717) is 10.6 Å². The number of carbonyl (C=O) groups excluding carboxylic acids is 1. The molecule has 1 aliphatic carbocycles. The first-order chi connectivity index (χ1) is 14.8. The molecule has 1 N–H and O–H groups in total. The molecule has 3 heterocycles. The second kappa shape index (κ2) is 8.68. The highest BCUT2D eigenvalue weighted by molar-refractivity contribution is 7.99. The van der Waals surface area contributed by atoms with Gasteiger partial charge in [-0.2, -0.15) is 18.4 Å². The van der Waals surface area contributed by atoms with Crippen LogP contribution in [0.1, 0.15) is 40.8 Å². The maximum Gasteiger partial charge on any atom is 0.417 e. The highest BCUT2D eigenvalue weighted by atomic mass is 35.5. The van der Waals surface area contributed by atoms with E-state index in [1.54, 1.807) is 0 Å². The molecule has 31 heavy (non-hydrogen) atoms. The number of fused-ring (bicyclic) bond motifs is 2. The molecule has 0 radical (unpaired) electrons. The molecule has 3 aromatic rings. The first-order valence-electron chi connectivity index (χ1n) is 9.36. The van der Waals surface area contributed by atoms with Gasteiger partial charge in [-0.05, 0) is 37.3 Å². The van der Waals surface area contributed by atoms with Crippen molar-refractivity contribution < 1.29 is 18.0 Å². The van der Waals surface area contributed by atoms with Crippen LogP contribution < -0.4 is 5.32 Å². The molecule has 0 fully saturated rings. The number of hydrogen-bond acceptors (Lipinski definition) is 6. The fourth-order valence-electron chi connectivity index (χ4n) is 3.43. The summed E-state index contributed by atoms with van der Waals surface area (Å²) >= 11 is 8.26. The lowest BCUT2D eigenvalue weighted by molar-refractivity contribution is -0.137. The average Bonchev–Trinajstić information content (AvgIpc) is 3.18. The van der Waals surface area contributed by atoms with Crippen molar-refractivity contribution in [3.8, 4) is 6.07 Å². The Kier molecular flexibility index (Phi) is 6.14. The molecule has 0 bridgehead atoms. The SMILES string of the molecule is N#Cc1c(NC(=O)CSc2nnc3c(Cl)cc(C(F)(F)F)cn23)sc2c1CCCCC2. The van der Waals surface area contributed by atoms with Crippen LogP contribution in [0.25, 0.3) is 5.65 Å². The number of aromatic nitrogens is 3. The third kappa shape index (κ3) is 4.51. The Morgan fingerprint density at radius 1 is 1.32 bits per heavy atom. The molecule has 0 unspecified atom stereocenters. The Balaban J connectivity index is 1.51. The van der Waals surface area contributed by atoms with Crippen molar-refractivity contribution in [1.82, 2.24) is 14.6 Å². The molecular formula is C19H15ClF3N5OS2. The number of hydrogen-bond donors (Lipinski definition) is 1. The fraction of sp³-hybridized carbons (Fsp3) is 0.368. The van der Waals surface area contributed by atoms with Crippen molar-refractivity contribution in [2.45, 2.75) is 43.4 Å². The second-order valence-electron chi connectivity index (χ2n) is 6.97. The zero-order chi connectivity index (χ0) is 22.2. The number of carbonyl (C=O) groups is 1. The van der Waals surface area contributed by atoms with Gasteiger partial charge in [-0.1, -0.05) is 29.8 Å². The summed E-state index contributed by atoms with van der Waals surface area (Å²) in [6.45, 7) is 0. The number of halogens is 4. The van der Waals surface area contributed by atoms with Gasteiger partial charge in [-0.3, -0.25) is 9.20 Å². The molecule has 0 saturated heterocycles. The Hall–Kier alpha value is -2.29. The van der Waals surface area contributed by atoms with Crippen LogP contribution in [0.5, 0.6) is 0 Å². The van der Waals surface area contributed by atoms with E-state index in [-0.39, 0.29) is 27.5 Å². The van der Waals surface area contributed by atoms with Crippen LogP contribution in [-0.2, 0) is 23.8 Å². The van der Waals surface area contributed by atoms with E-state index in [1.165, 1.54) is 11.3 Å². The topological polar surface area (TPSA) is 83.1 Å². The summed E-state index contributed by atoms with van der Waals surface area (Å²) in [5, 5.41) is 20.4. The molecule has 0 spiro atoms. The third-order valence-electron chi connectivity index (χ3n) is 4.87. The number of alkyl halides is 3. The molecular weight excluding hydrogens is 471 g/mol. The Morgan fingerprint density at radius 2 is 2.10 bits per heavy atom. The first kappa shape index (κ1) is 21.9. The van der Waals surface area contributed by atoms with Crippen LogP contribution in [0.4, 0.5) is 18.2 Å². The highest BCUT2D eigenvalue weighted by Gasteiger charge is 2.32. The van der Waals surface area contributed by atoms with Crippen molar-refractivity contribution in [3.05, 3.63) is 38.9 Å². The van der Waals surface area contributed by atoms with Gasteiger partial charge in [-0.15, -0.1) is 21.5 Å². The van der Waals surface area contributed by atoms with Gasteiger partial charge in [-0.25, -0.2) is 0 Å². The highest BCUT2D eigenvalue weighted by Crippen LogP contribution is 2.37. The molecule has 6 nitrogen and oxygen atoms in total. The lowest BCUT2D eigenvalue weighted by atomic mass is 10.1. The van der Waals surface area contributed by atoms with Crippen molar-refractivity contribution >= 4 is 51.3 Å². The molecule has 0 saturated carbocycles. The lowest BCUT2D eigenvalue weighted by Gasteiger charge is -2.08. The summed E-state index contributed by atoms with van der Waals surface area (Å²) in [6.07, 6.45) is 1.20. The van der Waals surface area contributed by atoms with Crippen molar-refractivity contribution in [2.75, 3.05) is 11.1 Å². The largest absolute Gasteiger partial charge is 0.417 e. The third-order valence-corrected chi connectivity index (χ3v) is 7.30. The standard InChI is InChI=1S/C19H15ClF3N5OS2/c20-13-6-10(19(21,22)23)8-28-16(13)26-27-18(28)30-9-15(29)25-17-12(7-24)11-4-2-1-3-5-14(11)31-17/h6,8H,1-5,9H2,(H,25,29). The molecule has 3 aromatic heterocycles. The number of nitriles is 1.